The number of carbonyl (C=O) groups excluding carboxylic acids is 1. The lowest BCUT2D eigenvalue weighted by Crippen LogP contribution is -2.38. The Kier molecular flexibility index (Phi) is 52.5. The van der Waals surface area contributed by atoms with Crippen molar-refractivity contribution in [2.45, 2.75) is 122 Å². The number of likely N-dealkylation sites (N-methyl/N-ethyl adjacent to an activating group) is 1. The zero-order valence-corrected chi connectivity index (χ0v) is 29.4. The quantitative estimate of drug-likeness (QED) is 0.145. The number of hydrogen-bond donors (Lipinski definition) is 3. The van der Waals surface area contributed by atoms with Crippen LogP contribution < -0.4 is 16.0 Å². The van der Waals surface area contributed by atoms with Gasteiger partial charge in [-0.1, -0.05) is 107 Å². The predicted molar refractivity (Wildman–Crippen MR) is 183 cm³/mol. The van der Waals surface area contributed by atoms with Crippen LogP contribution in [0.15, 0.2) is 47.5 Å². The highest BCUT2D eigenvalue weighted by Gasteiger charge is 2.13. The van der Waals surface area contributed by atoms with Crippen LogP contribution in [0.2, 0.25) is 0 Å². The molecule has 0 radical (unpaired) electrons. The van der Waals surface area contributed by atoms with E-state index in [0.717, 1.165) is 38.1 Å². The molecular formula is C34H72N4O2. The Morgan fingerprint density at radius 2 is 1.45 bits per heavy atom. The van der Waals surface area contributed by atoms with Gasteiger partial charge in [0.25, 0.3) is 0 Å². The first-order valence-electron chi connectivity index (χ1n) is 16.1. The van der Waals surface area contributed by atoms with E-state index in [9.17, 15) is 4.79 Å². The lowest BCUT2D eigenvalue weighted by Gasteiger charge is -2.31. The van der Waals surface area contributed by atoms with Crippen molar-refractivity contribution in [2.24, 2.45) is 0 Å². The van der Waals surface area contributed by atoms with Gasteiger partial charge in [0.05, 0.1) is 18.0 Å². The monoisotopic (exact) mass is 569 g/mol. The maximum atomic E-state index is 11.1. The van der Waals surface area contributed by atoms with Crippen LogP contribution in [0.4, 0.5) is 0 Å². The highest BCUT2D eigenvalue weighted by molar-refractivity contribution is 5.75. The molecule has 0 aromatic carbocycles. The highest BCUT2D eigenvalue weighted by Crippen LogP contribution is 2.10. The summed E-state index contributed by atoms with van der Waals surface area (Å²) < 4.78 is 5.46. The van der Waals surface area contributed by atoms with Crippen molar-refractivity contribution >= 4 is 5.91 Å². The second-order valence-electron chi connectivity index (χ2n) is 8.14. The van der Waals surface area contributed by atoms with E-state index in [2.05, 4.69) is 73.7 Å². The van der Waals surface area contributed by atoms with Crippen LogP contribution in [0.5, 0.6) is 0 Å². The fourth-order valence-electron chi connectivity index (χ4n) is 2.79. The standard InChI is InChI=1S/C13H25N3O2.C11H19N.C4H10.3C2H6/c1-5-6-8-18-9-7-12(15-4)13(10-14-3)16-11(2)17;1-3-6-11(7-4-2)10-12-8-5-9-12;1-3-4-2;3*1-2/h7,10,14-15H,5-6,8-9H2,1-4H3,(H,16,17);3,6-7H,4-5,8-10H2,1-2H3;3-4H2,1-2H3;3*1-2H3/b12-7+,13-10+;6-3-,11-7+;;;;. The van der Waals surface area contributed by atoms with Crippen molar-refractivity contribution < 1.29 is 9.53 Å². The highest BCUT2D eigenvalue weighted by atomic mass is 16.5. The molecule has 1 aliphatic heterocycles. The molecular weight excluding hydrogens is 496 g/mol. The summed E-state index contributed by atoms with van der Waals surface area (Å²) in [6.45, 7) is 29.3. The van der Waals surface area contributed by atoms with Gasteiger partial charge in [-0.3, -0.25) is 9.69 Å². The lowest BCUT2D eigenvalue weighted by atomic mass is 10.1. The molecule has 40 heavy (non-hydrogen) atoms. The van der Waals surface area contributed by atoms with Crippen LogP contribution in [0.3, 0.4) is 0 Å². The molecule has 1 fully saturated rings. The molecule has 0 atom stereocenters. The third-order valence-electron chi connectivity index (χ3n) is 4.91. The van der Waals surface area contributed by atoms with Crippen LogP contribution in [0.25, 0.3) is 0 Å². The Morgan fingerprint density at radius 3 is 1.80 bits per heavy atom. The summed E-state index contributed by atoms with van der Waals surface area (Å²) in [7, 11) is 3.59. The van der Waals surface area contributed by atoms with Gasteiger partial charge in [0.15, 0.2) is 0 Å². The van der Waals surface area contributed by atoms with E-state index in [1.807, 2.05) is 54.7 Å². The van der Waals surface area contributed by atoms with Crippen molar-refractivity contribution in [3.8, 4) is 0 Å². The minimum absolute atomic E-state index is 0.107. The van der Waals surface area contributed by atoms with Gasteiger partial charge in [-0.15, -0.1) is 0 Å². The van der Waals surface area contributed by atoms with E-state index in [4.69, 9.17) is 4.74 Å². The first kappa shape index (κ1) is 47.7. The Hall–Kier alpha value is -2.05. The van der Waals surface area contributed by atoms with Crippen molar-refractivity contribution in [3.05, 3.63) is 47.5 Å². The van der Waals surface area contributed by atoms with Gasteiger partial charge in [-0.05, 0) is 50.9 Å². The van der Waals surface area contributed by atoms with Gasteiger partial charge in [-0.25, -0.2) is 0 Å². The van der Waals surface area contributed by atoms with E-state index in [-0.39, 0.29) is 5.91 Å². The number of nitrogens with zero attached hydrogens (tertiary/aromatic N) is 1. The molecule has 0 aromatic rings. The summed E-state index contributed by atoms with van der Waals surface area (Å²) in [6.07, 6.45) is 17.7. The first-order chi connectivity index (χ1) is 19.4. The smallest absolute Gasteiger partial charge is 0.221 e. The Morgan fingerprint density at radius 1 is 0.875 bits per heavy atom. The number of nitrogens with one attached hydrogen (secondary N) is 3. The molecule has 0 unspecified atom stereocenters. The predicted octanol–water partition coefficient (Wildman–Crippen LogP) is 8.59. The molecule has 1 heterocycles. The van der Waals surface area contributed by atoms with Gasteiger partial charge in [0.1, 0.15) is 0 Å². The number of unbranched alkanes of at least 4 members (excludes halogenated alkanes) is 2. The molecule has 6 nitrogen and oxygen atoms in total. The van der Waals surface area contributed by atoms with Gasteiger partial charge in [-0.2, -0.15) is 0 Å². The zero-order valence-electron chi connectivity index (χ0n) is 29.4. The number of ether oxygens (including phenoxy) is 1. The average Bonchev–Trinajstić information content (AvgIpc) is 2.96. The van der Waals surface area contributed by atoms with Gasteiger partial charge in [0.2, 0.25) is 5.91 Å². The average molecular weight is 569 g/mol. The number of likely N-dealkylation sites (tertiary alicyclic amines) is 1. The lowest BCUT2D eigenvalue weighted by molar-refractivity contribution is -0.118. The van der Waals surface area contributed by atoms with Gasteiger partial charge >= 0.3 is 0 Å². The van der Waals surface area contributed by atoms with Crippen molar-refractivity contribution in [3.63, 3.8) is 0 Å². The molecule has 0 aliphatic carbocycles. The minimum Gasteiger partial charge on any atom is -0.392 e. The number of hydrogen-bond acceptors (Lipinski definition) is 5. The summed E-state index contributed by atoms with van der Waals surface area (Å²) in [5.41, 5.74) is 3.00. The third kappa shape index (κ3) is 35.9. The largest absolute Gasteiger partial charge is 0.392 e. The molecule has 0 spiro atoms. The molecule has 0 bridgehead atoms. The fourth-order valence-corrected chi connectivity index (χ4v) is 2.79. The van der Waals surface area contributed by atoms with Crippen LogP contribution in [-0.2, 0) is 9.53 Å². The molecule has 0 aromatic heterocycles. The van der Waals surface area contributed by atoms with E-state index < -0.39 is 0 Å². The molecule has 0 saturated carbocycles. The molecule has 6 heteroatoms. The van der Waals surface area contributed by atoms with Crippen LogP contribution in [-0.4, -0.2) is 57.8 Å². The molecule has 1 saturated heterocycles. The van der Waals surface area contributed by atoms with Crippen molar-refractivity contribution in [1.82, 2.24) is 20.9 Å². The molecule has 3 N–H and O–H groups in total. The summed E-state index contributed by atoms with van der Waals surface area (Å²) in [5, 5.41) is 8.70. The fraction of sp³-hybridized carbons (Fsp3) is 0.735. The van der Waals surface area contributed by atoms with Crippen molar-refractivity contribution in [2.75, 3.05) is 46.9 Å². The molecule has 240 valence electrons. The molecule has 1 amide bonds. The maximum Gasteiger partial charge on any atom is 0.221 e. The number of carbonyl (C=O) groups is 1. The second kappa shape index (κ2) is 44.0. The molecule has 1 rings (SSSR count). The first-order valence-corrected chi connectivity index (χ1v) is 16.1. The Labute approximate surface area is 252 Å². The summed E-state index contributed by atoms with van der Waals surface area (Å²) in [5.74, 6) is -0.107. The van der Waals surface area contributed by atoms with Gasteiger partial charge < -0.3 is 20.7 Å². The Balaban J connectivity index is -0.000000159. The maximum absolute atomic E-state index is 11.1. The van der Waals surface area contributed by atoms with Crippen molar-refractivity contribution in [1.29, 1.82) is 0 Å². The second-order valence-corrected chi connectivity index (χ2v) is 8.14. The minimum atomic E-state index is -0.107. The Bertz CT molecular complexity index is 605. The van der Waals surface area contributed by atoms with E-state index in [1.54, 1.807) is 13.2 Å². The number of rotatable bonds is 14. The number of allylic oxidation sites excluding steroid dienone is 2. The van der Waals surface area contributed by atoms with Crippen LogP contribution in [0, 0.1) is 0 Å². The van der Waals surface area contributed by atoms with E-state index in [0.29, 0.717) is 12.3 Å². The normalized spacial score (nSPS) is 12.7. The SMILES string of the molecule is C/C=C\C(=C/CC)CN1CCC1.CC.CC.CC.CCCC.CCCCOC/C=C(NC)\C(=C/NC)NC(C)=O. The van der Waals surface area contributed by atoms with Crippen LogP contribution in [0.1, 0.15) is 122 Å². The van der Waals surface area contributed by atoms with E-state index >= 15 is 0 Å². The van der Waals surface area contributed by atoms with Gasteiger partial charge in [0, 0.05) is 40.4 Å². The van der Waals surface area contributed by atoms with E-state index in [1.165, 1.54) is 44.8 Å². The summed E-state index contributed by atoms with van der Waals surface area (Å²) >= 11 is 0. The van der Waals surface area contributed by atoms with Crippen LogP contribution >= 0.6 is 0 Å². The third-order valence-corrected chi connectivity index (χ3v) is 4.91. The summed E-state index contributed by atoms with van der Waals surface area (Å²) in [4.78, 5) is 13.6. The topological polar surface area (TPSA) is 65.6 Å². The zero-order chi connectivity index (χ0) is 32.0. The number of amides is 1. The molecule has 1 aliphatic rings. The summed E-state index contributed by atoms with van der Waals surface area (Å²) in [6, 6.07) is 0.